The van der Waals surface area contributed by atoms with Crippen LogP contribution in [0.2, 0.25) is 0 Å². The number of hydrogen-bond donors (Lipinski definition) is 2. The fraction of sp³-hybridized carbons (Fsp3) is 0.314. The number of ketones is 2. The summed E-state index contributed by atoms with van der Waals surface area (Å²) in [4.78, 5) is 30.3. The molecule has 0 amide bonds. The summed E-state index contributed by atoms with van der Waals surface area (Å²) < 4.78 is 52.6. The van der Waals surface area contributed by atoms with Gasteiger partial charge in [0, 0.05) is 52.7 Å². The molecule has 46 heavy (non-hydrogen) atoms. The SMILES string of the molecule is CC1(C)CC(=O)C2=C(C1)N(c1ccc(S(N)(=O)=O)cc1)C1=C(C(=O)CC(C)(C)C1)C2c1ccc(NS(=O)(=O)c2ccccc2)cc1. The lowest BCUT2D eigenvalue weighted by Crippen LogP contribution is -2.44. The number of hydrogen-bond acceptors (Lipinski definition) is 7. The molecular formula is C35H37N3O6S2. The zero-order valence-electron chi connectivity index (χ0n) is 26.2. The Morgan fingerprint density at radius 3 is 1.65 bits per heavy atom. The number of primary sulfonamides is 1. The van der Waals surface area contributed by atoms with Crippen molar-refractivity contribution in [3.05, 3.63) is 107 Å². The molecule has 2 aliphatic carbocycles. The molecule has 3 aromatic carbocycles. The second kappa shape index (κ2) is 11.0. The lowest BCUT2D eigenvalue weighted by molar-refractivity contribution is -0.119. The Bertz CT molecular complexity index is 1970. The molecule has 3 N–H and O–H groups in total. The number of anilines is 2. The van der Waals surface area contributed by atoms with E-state index in [0.29, 0.717) is 53.8 Å². The van der Waals surface area contributed by atoms with Gasteiger partial charge in [0.25, 0.3) is 10.0 Å². The molecule has 3 aliphatic rings. The summed E-state index contributed by atoms with van der Waals surface area (Å²) in [5.41, 5.74) is 3.66. The van der Waals surface area contributed by atoms with Gasteiger partial charge in [-0.05, 0) is 77.8 Å². The predicted octanol–water partition coefficient (Wildman–Crippen LogP) is 6.03. The molecule has 0 saturated carbocycles. The molecule has 3 aromatic rings. The number of benzene rings is 3. The molecule has 0 atom stereocenters. The zero-order chi connectivity index (χ0) is 33.2. The van der Waals surface area contributed by atoms with Crippen molar-refractivity contribution in [2.24, 2.45) is 16.0 Å². The van der Waals surface area contributed by atoms with Gasteiger partial charge in [-0.15, -0.1) is 0 Å². The lowest BCUT2D eigenvalue weighted by atomic mass is 9.63. The van der Waals surface area contributed by atoms with E-state index in [9.17, 15) is 26.4 Å². The maximum atomic E-state index is 14.1. The highest BCUT2D eigenvalue weighted by Crippen LogP contribution is 2.55. The van der Waals surface area contributed by atoms with E-state index in [0.717, 1.165) is 11.4 Å². The minimum absolute atomic E-state index is 0.0300. The smallest absolute Gasteiger partial charge is 0.261 e. The highest BCUT2D eigenvalue weighted by molar-refractivity contribution is 7.92. The molecule has 0 bridgehead atoms. The fourth-order valence-corrected chi connectivity index (χ4v) is 8.55. The van der Waals surface area contributed by atoms with Crippen molar-refractivity contribution in [1.29, 1.82) is 0 Å². The van der Waals surface area contributed by atoms with Gasteiger partial charge in [0.05, 0.1) is 9.79 Å². The van der Waals surface area contributed by atoms with Crippen LogP contribution in [0.25, 0.3) is 0 Å². The summed E-state index contributed by atoms with van der Waals surface area (Å²) >= 11 is 0. The van der Waals surface area contributed by atoms with E-state index in [1.54, 1.807) is 54.6 Å². The zero-order valence-corrected chi connectivity index (χ0v) is 27.8. The number of allylic oxidation sites excluding steroid dienone is 4. The van der Waals surface area contributed by atoms with E-state index < -0.39 is 26.0 Å². The largest absolute Gasteiger partial charge is 0.317 e. The number of rotatable bonds is 6. The Balaban J connectivity index is 1.50. The molecule has 0 aromatic heterocycles. The summed E-state index contributed by atoms with van der Waals surface area (Å²) in [5, 5.41) is 5.37. The summed E-state index contributed by atoms with van der Waals surface area (Å²) in [5.74, 6) is -0.738. The second-order valence-electron chi connectivity index (χ2n) is 14.0. The molecule has 1 aliphatic heterocycles. The highest BCUT2D eigenvalue weighted by atomic mass is 32.2. The van der Waals surface area contributed by atoms with Crippen molar-refractivity contribution in [2.45, 2.75) is 69.1 Å². The van der Waals surface area contributed by atoms with Crippen LogP contribution in [-0.4, -0.2) is 28.4 Å². The average Bonchev–Trinajstić information content (AvgIpc) is 2.95. The first-order chi connectivity index (χ1) is 21.5. The van der Waals surface area contributed by atoms with Crippen molar-refractivity contribution < 1.29 is 26.4 Å². The van der Waals surface area contributed by atoms with E-state index >= 15 is 0 Å². The molecule has 240 valence electrons. The molecule has 0 fully saturated rings. The number of carbonyl (C=O) groups is 2. The first-order valence-corrected chi connectivity index (χ1v) is 18.1. The third-order valence-electron chi connectivity index (χ3n) is 8.88. The van der Waals surface area contributed by atoms with E-state index in [1.807, 2.05) is 32.6 Å². The molecule has 0 unspecified atom stereocenters. The molecule has 0 radical (unpaired) electrons. The number of sulfonamides is 2. The normalized spacial score (nSPS) is 20.0. The summed E-state index contributed by atoms with van der Waals surface area (Å²) in [6.07, 6.45) is 1.72. The minimum Gasteiger partial charge on any atom is -0.317 e. The van der Waals surface area contributed by atoms with Crippen LogP contribution in [-0.2, 0) is 29.6 Å². The fourth-order valence-electron chi connectivity index (χ4n) is 6.95. The van der Waals surface area contributed by atoms with Crippen molar-refractivity contribution in [3.63, 3.8) is 0 Å². The summed E-state index contributed by atoms with van der Waals surface area (Å²) in [6, 6.07) is 21.2. The first-order valence-electron chi connectivity index (χ1n) is 15.1. The van der Waals surface area contributed by atoms with Crippen LogP contribution >= 0.6 is 0 Å². The number of nitrogens with one attached hydrogen (secondary N) is 1. The van der Waals surface area contributed by atoms with E-state index in [2.05, 4.69) is 4.72 Å². The molecule has 11 heteroatoms. The van der Waals surface area contributed by atoms with Gasteiger partial charge >= 0.3 is 0 Å². The van der Waals surface area contributed by atoms with Crippen molar-refractivity contribution in [1.82, 2.24) is 0 Å². The van der Waals surface area contributed by atoms with Crippen molar-refractivity contribution >= 4 is 43.0 Å². The van der Waals surface area contributed by atoms with Gasteiger partial charge in [-0.1, -0.05) is 58.0 Å². The number of carbonyl (C=O) groups excluding carboxylic acids is 2. The number of nitrogens with two attached hydrogens (primary N) is 1. The standard InChI is InChI=1S/C35H37N3O6S2/c1-34(2)18-27-32(29(39)20-34)31(22-10-12-23(13-11-22)37-46(43,44)26-8-6-5-7-9-26)33-28(19-35(3,4)21-30(33)40)38(27)24-14-16-25(17-15-24)45(36,41)42/h5-17,31,37H,18-21H2,1-4H3,(H2,36,41,42). The van der Waals surface area contributed by atoms with Crippen LogP contribution in [0.4, 0.5) is 11.4 Å². The summed E-state index contributed by atoms with van der Waals surface area (Å²) in [7, 11) is -7.73. The first kappa shape index (κ1) is 31.9. The topological polar surface area (TPSA) is 144 Å². The Hall–Kier alpha value is -4.06. The third kappa shape index (κ3) is 5.94. The van der Waals surface area contributed by atoms with Gasteiger partial charge in [0.1, 0.15) is 0 Å². The van der Waals surface area contributed by atoms with Gasteiger partial charge in [0.2, 0.25) is 10.0 Å². The highest BCUT2D eigenvalue weighted by Gasteiger charge is 2.49. The maximum absolute atomic E-state index is 14.1. The Labute approximate surface area is 270 Å². The van der Waals surface area contributed by atoms with Crippen LogP contribution in [0.1, 0.15) is 64.9 Å². The molecule has 1 heterocycles. The van der Waals surface area contributed by atoms with Gasteiger partial charge in [-0.2, -0.15) is 0 Å². The van der Waals surface area contributed by atoms with Crippen molar-refractivity contribution in [2.75, 3.05) is 9.62 Å². The monoisotopic (exact) mass is 659 g/mol. The van der Waals surface area contributed by atoms with Crippen LogP contribution in [0.3, 0.4) is 0 Å². The van der Waals surface area contributed by atoms with Crippen LogP contribution in [0, 0.1) is 10.8 Å². The average molecular weight is 660 g/mol. The van der Waals surface area contributed by atoms with Crippen molar-refractivity contribution in [3.8, 4) is 0 Å². The molecule has 9 nitrogen and oxygen atoms in total. The lowest BCUT2D eigenvalue weighted by Gasteiger charge is -2.49. The maximum Gasteiger partial charge on any atom is 0.261 e. The number of nitrogens with zero attached hydrogens (tertiary/aromatic N) is 1. The summed E-state index contributed by atoms with van der Waals surface area (Å²) in [6.45, 7) is 8.16. The van der Waals surface area contributed by atoms with Gasteiger partial charge in [-0.25, -0.2) is 22.0 Å². The minimum atomic E-state index is -3.92. The Morgan fingerprint density at radius 2 is 1.17 bits per heavy atom. The second-order valence-corrected chi connectivity index (χ2v) is 17.2. The van der Waals surface area contributed by atoms with E-state index in [-0.39, 0.29) is 32.2 Å². The van der Waals surface area contributed by atoms with Gasteiger partial charge < -0.3 is 4.90 Å². The van der Waals surface area contributed by atoms with Crippen LogP contribution < -0.4 is 14.8 Å². The Kier molecular flexibility index (Phi) is 7.65. The van der Waals surface area contributed by atoms with Crippen LogP contribution in [0.5, 0.6) is 0 Å². The van der Waals surface area contributed by atoms with Crippen LogP contribution in [0.15, 0.2) is 111 Å². The predicted molar refractivity (Wildman–Crippen MR) is 177 cm³/mol. The van der Waals surface area contributed by atoms with E-state index in [1.165, 1.54) is 24.3 Å². The molecule has 6 rings (SSSR count). The molecule has 0 spiro atoms. The molecule has 0 saturated heterocycles. The number of Topliss-reactive ketones (excluding diaryl/α,β-unsaturated/α-hetero) is 2. The van der Waals surface area contributed by atoms with E-state index in [4.69, 9.17) is 5.14 Å². The van der Waals surface area contributed by atoms with Gasteiger partial charge in [0.15, 0.2) is 11.6 Å². The quantitative estimate of drug-likeness (QED) is 0.329. The molecular weight excluding hydrogens is 623 g/mol. The third-order valence-corrected chi connectivity index (χ3v) is 11.2. The van der Waals surface area contributed by atoms with Gasteiger partial charge in [-0.3, -0.25) is 14.3 Å². The Morgan fingerprint density at radius 1 is 0.674 bits per heavy atom.